The number of carbonyl (C=O) groups is 2. The Labute approximate surface area is 71.0 Å². The van der Waals surface area contributed by atoms with Gasteiger partial charge in [-0.15, -0.1) is 0 Å². The van der Waals surface area contributed by atoms with Gasteiger partial charge in [0.05, 0.1) is 5.92 Å². The first-order chi connectivity index (χ1) is 5.75. The highest BCUT2D eigenvalue weighted by molar-refractivity contribution is 5.73. The predicted molar refractivity (Wildman–Crippen MR) is 34.1 cm³/mol. The molecule has 0 amide bonds. The molecular formula is C6H7F3O4. The molecule has 1 rings (SSSR count). The number of hydrogen-bond donors (Lipinski definition) is 2. The summed E-state index contributed by atoms with van der Waals surface area (Å²) in [5.41, 5.74) is 0. The van der Waals surface area contributed by atoms with Crippen LogP contribution in [0.2, 0.25) is 0 Å². The summed E-state index contributed by atoms with van der Waals surface area (Å²) >= 11 is 0. The highest BCUT2D eigenvalue weighted by Gasteiger charge is 2.38. The fourth-order valence-electron chi connectivity index (χ4n) is 0.330. The van der Waals surface area contributed by atoms with E-state index in [0.717, 1.165) is 12.8 Å². The maximum Gasteiger partial charge on any atom is 0.490 e. The molecule has 0 atom stereocenters. The van der Waals surface area contributed by atoms with Gasteiger partial charge in [-0.2, -0.15) is 13.2 Å². The Morgan fingerprint density at radius 2 is 1.46 bits per heavy atom. The first kappa shape index (κ1) is 11.7. The van der Waals surface area contributed by atoms with Crippen LogP contribution < -0.4 is 0 Å². The number of alkyl halides is 3. The van der Waals surface area contributed by atoms with Crippen LogP contribution in [0.1, 0.15) is 12.8 Å². The van der Waals surface area contributed by atoms with Crippen LogP contribution in [0.4, 0.5) is 13.2 Å². The maximum atomic E-state index is 10.6. The van der Waals surface area contributed by atoms with Crippen LogP contribution in [0.15, 0.2) is 0 Å². The molecule has 1 saturated carbocycles. The van der Waals surface area contributed by atoms with E-state index < -0.39 is 18.1 Å². The van der Waals surface area contributed by atoms with E-state index in [1.807, 2.05) is 0 Å². The highest BCUT2D eigenvalue weighted by atomic mass is 19.4. The molecular weight excluding hydrogens is 193 g/mol. The number of hydrogen-bond acceptors (Lipinski definition) is 2. The third-order valence-electron chi connectivity index (χ3n) is 1.17. The van der Waals surface area contributed by atoms with Gasteiger partial charge in [0.1, 0.15) is 0 Å². The molecule has 7 heteroatoms. The van der Waals surface area contributed by atoms with Crippen LogP contribution in [0, 0.1) is 5.92 Å². The van der Waals surface area contributed by atoms with E-state index in [0.29, 0.717) is 0 Å². The topological polar surface area (TPSA) is 74.6 Å². The van der Waals surface area contributed by atoms with Gasteiger partial charge >= 0.3 is 18.1 Å². The predicted octanol–water partition coefficient (Wildman–Crippen LogP) is 1.11. The van der Waals surface area contributed by atoms with Crippen LogP contribution in [0.5, 0.6) is 0 Å². The minimum absolute atomic E-state index is 0.0185. The van der Waals surface area contributed by atoms with Crippen LogP contribution in [0.25, 0.3) is 0 Å². The van der Waals surface area contributed by atoms with Crippen molar-refractivity contribution in [3.8, 4) is 0 Å². The molecule has 0 aromatic rings. The van der Waals surface area contributed by atoms with E-state index in [1.165, 1.54) is 0 Å². The van der Waals surface area contributed by atoms with Crippen LogP contribution in [-0.4, -0.2) is 28.3 Å². The monoisotopic (exact) mass is 200 g/mol. The van der Waals surface area contributed by atoms with E-state index >= 15 is 0 Å². The number of aliphatic carboxylic acids is 2. The zero-order valence-corrected chi connectivity index (χ0v) is 6.34. The van der Waals surface area contributed by atoms with E-state index in [1.54, 1.807) is 0 Å². The van der Waals surface area contributed by atoms with Gasteiger partial charge in [-0.05, 0) is 12.8 Å². The highest BCUT2D eigenvalue weighted by Crippen LogP contribution is 2.28. The Kier molecular flexibility index (Phi) is 3.70. The molecule has 0 aromatic heterocycles. The van der Waals surface area contributed by atoms with Gasteiger partial charge in [-0.1, -0.05) is 0 Å². The Bertz CT molecular complexity index is 206. The normalized spacial score (nSPS) is 15.6. The smallest absolute Gasteiger partial charge is 0.481 e. The Balaban J connectivity index is 0.000000223. The summed E-state index contributed by atoms with van der Waals surface area (Å²) in [5.74, 6) is -3.37. The summed E-state index contributed by atoms with van der Waals surface area (Å²) in [7, 11) is 0. The lowest BCUT2D eigenvalue weighted by molar-refractivity contribution is -0.192. The molecule has 13 heavy (non-hydrogen) atoms. The lowest BCUT2D eigenvalue weighted by Gasteiger charge is -1.93. The van der Waals surface area contributed by atoms with Gasteiger partial charge in [0.15, 0.2) is 0 Å². The van der Waals surface area contributed by atoms with Crippen molar-refractivity contribution in [1.29, 1.82) is 0 Å². The first-order valence-corrected chi connectivity index (χ1v) is 3.28. The quantitative estimate of drug-likeness (QED) is 0.664. The van der Waals surface area contributed by atoms with Crippen molar-refractivity contribution in [2.45, 2.75) is 19.0 Å². The van der Waals surface area contributed by atoms with Gasteiger partial charge in [0.2, 0.25) is 0 Å². The summed E-state index contributed by atoms with van der Waals surface area (Å²) in [6, 6.07) is 0. The van der Waals surface area contributed by atoms with E-state index in [9.17, 15) is 18.0 Å². The van der Waals surface area contributed by atoms with E-state index in [4.69, 9.17) is 15.0 Å². The van der Waals surface area contributed by atoms with Gasteiger partial charge in [-0.25, -0.2) is 4.79 Å². The number of rotatable bonds is 1. The maximum absolute atomic E-state index is 10.6. The molecule has 1 aliphatic carbocycles. The van der Waals surface area contributed by atoms with Gasteiger partial charge in [-0.3, -0.25) is 4.79 Å². The minimum Gasteiger partial charge on any atom is -0.481 e. The number of halogens is 3. The second-order valence-electron chi connectivity index (χ2n) is 2.42. The van der Waals surface area contributed by atoms with Crippen molar-refractivity contribution < 1.29 is 33.0 Å². The summed E-state index contributed by atoms with van der Waals surface area (Å²) in [6.45, 7) is 0. The summed E-state index contributed by atoms with van der Waals surface area (Å²) in [6.07, 6.45) is -3.29. The standard InChI is InChI=1S/C4H6O2.C2HF3O2/c5-4(6)3-1-2-3;3-2(4,5)1(6)7/h3H,1-2H2,(H,5,6);(H,6,7). The molecule has 0 aromatic carbocycles. The van der Waals surface area contributed by atoms with Crippen LogP contribution >= 0.6 is 0 Å². The lowest BCUT2D eigenvalue weighted by atomic mass is 10.5. The molecule has 0 spiro atoms. The van der Waals surface area contributed by atoms with Crippen molar-refractivity contribution in [3.05, 3.63) is 0 Å². The second-order valence-corrected chi connectivity index (χ2v) is 2.42. The molecule has 4 nitrogen and oxygen atoms in total. The van der Waals surface area contributed by atoms with Crippen LogP contribution in [0.3, 0.4) is 0 Å². The molecule has 0 bridgehead atoms. The van der Waals surface area contributed by atoms with Crippen molar-refractivity contribution in [1.82, 2.24) is 0 Å². The first-order valence-electron chi connectivity index (χ1n) is 3.28. The molecule has 76 valence electrons. The fraction of sp³-hybridized carbons (Fsp3) is 0.667. The third kappa shape index (κ3) is 5.94. The summed E-state index contributed by atoms with van der Waals surface area (Å²) in [5, 5.41) is 15.2. The molecule has 1 fully saturated rings. The van der Waals surface area contributed by atoms with Crippen LogP contribution in [-0.2, 0) is 9.59 Å². The Morgan fingerprint density at radius 3 is 1.46 bits per heavy atom. The second kappa shape index (κ2) is 4.11. The molecule has 0 radical (unpaired) electrons. The van der Waals surface area contributed by atoms with Crippen molar-refractivity contribution in [2.75, 3.05) is 0 Å². The molecule has 0 saturated heterocycles. The van der Waals surface area contributed by atoms with Crippen molar-refractivity contribution in [2.24, 2.45) is 5.92 Å². The fourth-order valence-corrected chi connectivity index (χ4v) is 0.330. The summed E-state index contributed by atoms with van der Waals surface area (Å²) in [4.78, 5) is 18.7. The molecule has 2 N–H and O–H groups in total. The molecule has 0 unspecified atom stereocenters. The van der Waals surface area contributed by atoms with E-state index in [-0.39, 0.29) is 5.92 Å². The largest absolute Gasteiger partial charge is 0.490 e. The lowest BCUT2D eigenvalue weighted by Crippen LogP contribution is -2.21. The van der Waals surface area contributed by atoms with Gasteiger partial charge in [0.25, 0.3) is 0 Å². The average Bonchev–Trinajstić information content (AvgIpc) is 2.65. The van der Waals surface area contributed by atoms with Gasteiger partial charge < -0.3 is 10.2 Å². The zero-order chi connectivity index (χ0) is 10.6. The minimum atomic E-state index is -5.08. The van der Waals surface area contributed by atoms with Crippen molar-refractivity contribution in [3.63, 3.8) is 0 Å². The molecule has 0 heterocycles. The van der Waals surface area contributed by atoms with E-state index in [2.05, 4.69) is 0 Å². The molecule has 0 aliphatic heterocycles. The Hall–Kier alpha value is -1.27. The molecule has 1 aliphatic rings. The van der Waals surface area contributed by atoms with Gasteiger partial charge in [0, 0.05) is 0 Å². The summed E-state index contributed by atoms with van der Waals surface area (Å²) < 4.78 is 31.7. The number of carboxylic acids is 2. The number of carboxylic acid groups (broad SMARTS) is 2. The zero-order valence-electron chi connectivity index (χ0n) is 6.34. The SMILES string of the molecule is O=C(O)C(F)(F)F.O=C(O)C1CC1. The van der Waals surface area contributed by atoms with Crippen molar-refractivity contribution >= 4 is 11.9 Å². The third-order valence-corrected chi connectivity index (χ3v) is 1.17. The average molecular weight is 200 g/mol. The Morgan fingerprint density at radius 1 is 1.15 bits per heavy atom.